The molecule has 3 aromatic rings. The number of aromatic nitrogens is 5. The zero-order chi connectivity index (χ0) is 30.9. The van der Waals surface area contributed by atoms with E-state index in [9.17, 15) is 9.59 Å². The maximum atomic E-state index is 15.3. The van der Waals surface area contributed by atoms with Gasteiger partial charge in [-0.15, -0.1) is 5.10 Å². The zero-order valence-corrected chi connectivity index (χ0v) is 24.9. The van der Waals surface area contributed by atoms with E-state index in [2.05, 4.69) is 43.2 Å². The number of nitrogens with zero attached hydrogens (tertiary/aromatic N) is 5. The molecule has 3 rings (SSSR count). The molecule has 0 spiro atoms. The molecule has 0 unspecified atom stereocenters. The Balaban J connectivity index is 1.93. The van der Waals surface area contributed by atoms with E-state index in [4.69, 9.17) is 15.2 Å². The van der Waals surface area contributed by atoms with E-state index >= 15 is 4.39 Å². The molecule has 0 aliphatic rings. The van der Waals surface area contributed by atoms with Gasteiger partial charge in [0.25, 0.3) is 5.91 Å². The molecule has 3 heterocycles. The summed E-state index contributed by atoms with van der Waals surface area (Å²) in [7, 11) is 0. The van der Waals surface area contributed by atoms with Crippen LogP contribution in [-0.4, -0.2) is 61.3 Å². The summed E-state index contributed by atoms with van der Waals surface area (Å²) >= 11 is 0. The van der Waals surface area contributed by atoms with E-state index in [0.29, 0.717) is 30.3 Å². The molecule has 0 aliphatic heterocycles. The first-order chi connectivity index (χ1) is 19.9. The van der Waals surface area contributed by atoms with Crippen molar-refractivity contribution in [1.82, 2.24) is 30.3 Å². The van der Waals surface area contributed by atoms with Crippen molar-refractivity contribution >= 4 is 29.3 Å². The fraction of sp³-hybridized carbons (Fsp3) is 0.500. The van der Waals surface area contributed by atoms with E-state index in [1.54, 1.807) is 40.0 Å². The van der Waals surface area contributed by atoms with Gasteiger partial charge < -0.3 is 31.2 Å². The van der Waals surface area contributed by atoms with Crippen LogP contribution >= 0.6 is 0 Å². The number of nitrogens with one attached hydrogen (secondary N) is 3. The number of hydrogen-bond acceptors (Lipinski definition) is 10. The third-order valence-electron chi connectivity index (χ3n) is 6.08. The Morgan fingerprint density at radius 2 is 1.93 bits per heavy atom. The predicted molar refractivity (Wildman–Crippen MR) is 157 cm³/mol. The van der Waals surface area contributed by atoms with Gasteiger partial charge in [-0.05, 0) is 53.2 Å². The molecule has 0 radical (unpaired) electrons. The minimum absolute atomic E-state index is 0.0157. The van der Waals surface area contributed by atoms with Gasteiger partial charge in [0.2, 0.25) is 5.88 Å². The smallest absolute Gasteiger partial charge is 0.407 e. The van der Waals surface area contributed by atoms with Crippen molar-refractivity contribution < 1.29 is 23.5 Å². The average molecular weight is 586 g/mol. The lowest BCUT2D eigenvalue weighted by atomic mass is 10.0. The van der Waals surface area contributed by atoms with Gasteiger partial charge in [-0.25, -0.2) is 23.8 Å². The minimum Gasteiger partial charge on any atom is -0.476 e. The van der Waals surface area contributed by atoms with Crippen LogP contribution in [0, 0.1) is 5.82 Å². The fourth-order valence-electron chi connectivity index (χ4n) is 4.10. The highest BCUT2D eigenvalue weighted by atomic mass is 19.1. The number of halogens is 1. The van der Waals surface area contributed by atoms with Gasteiger partial charge in [0.15, 0.2) is 11.6 Å². The van der Waals surface area contributed by atoms with Crippen molar-refractivity contribution in [3.63, 3.8) is 0 Å². The predicted octanol–water partition coefficient (Wildman–Crippen LogP) is 4.71. The van der Waals surface area contributed by atoms with Crippen molar-refractivity contribution in [2.75, 3.05) is 17.2 Å². The maximum absolute atomic E-state index is 15.3. The summed E-state index contributed by atoms with van der Waals surface area (Å²) in [5, 5.41) is 16.8. The first-order valence-corrected chi connectivity index (χ1v) is 13.9. The number of carbonyl (C=O) groups excluding carboxylic acids is 2. The van der Waals surface area contributed by atoms with Crippen LogP contribution in [0.25, 0.3) is 5.69 Å². The molecule has 13 nitrogen and oxygen atoms in total. The second-order valence-corrected chi connectivity index (χ2v) is 10.7. The lowest BCUT2D eigenvalue weighted by molar-refractivity contribution is 0.0502. The van der Waals surface area contributed by atoms with Gasteiger partial charge in [0.05, 0.1) is 36.4 Å². The van der Waals surface area contributed by atoms with Gasteiger partial charge in [-0.3, -0.25) is 4.79 Å². The fourth-order valence-corrected chi connectivity index (χ4v) is 4.10. The number of hydrogen-bond donors (Lipinski definition) is 4. The number of carbonyl (C=O) groups is 2. The van der Waals surface area contributed by atoms with Gasteiger partial charge in [-0.1, -0.05) is 31.4 Å². The van der Waals surface area contributed by atoms with Crippen LogP contribution in [0.4, 0.5) is 26.5 Å². The SMILES string of the molecule is CCCCC[C@@H](Nc1nc(Nc2cnc(OCC)c(-n3ccnn3)c2)c(C(N)=O)cc1F)[C@H](C)NC(=O)OC(C)(C)C. The normalized spacial score (nSPS) is 12.7. The Kier molecular flexibility index (Phi) is 11.0. The lowest BCUT2D eigenvalue weighted by Crippen LogP contribution is -2.46. The van der Waals surface area contributed by atoms with Crippen molar-refractivity contribution in [2.45, 2.75) is 84.9 Å². The van der Waals surface area contributed by atoms with E-state index in [-0.39, 0.29) is 17.2 Å². The second kappa shape index (κ2) is 14.4. The molecule has 2 atom stereocenters. The number of nitrogens with two attached hydrogens (primary N) is 1. The van der Waals surface area contributed by atoms with Crippen LogP contribution in [0.3, 0.4) is 0 Å². The summed E-state index contributed by atoms with van der Waals surface area (Å²) in [6.45, 7) is 11.4. The number of pyridine rings is 2. The van der Waals surface area contributed by atoms with E-state index < -0.39 is 35.5 Å². The third kappa shape index (κ3) is 9.01. The monoisotopic (exact) mass is 585 g/mol. The Hall–Kier alpha value is -4.49. The van der Waals surface area contributed by atoms with Crippen molar-refractivity contribution in [2.24, 2.45) is 5.73 Å². The Morgan fingerprint density at radius 3 is 2.55 bits per heavy atom. The number of rotatable bonds is 14. The van der Waals surface area contributed by atoms with E-state index in [0.717, 1.165) is 25.3 Å². The summed E-state index contributed by atoms with van der Waals surface area (Å²) in [6, 6.07) is 1.86. The molecule has 0 aromatic carbocycles. The zero-order valence-electron chi connectivity index (χ0n) is 24.9. The molecular formula is C28H40FN9O4. The highest BCUT2D eigenvalue weighted by Gasteiger charge is 2.25. The molecule has 0 bridgehead atoms. The van der Waals surface area contributed by atoms with Crippen molar-refractivity contribution in [3.8, 4) is 11.6 Å². The molecule has 3 aromatic heterocycles. The number of amides is 2. The standard InChI is InChI=1S/C28H40FN9O4/c1-7-9-10-11-21(17(3)33-27(40)42-28(4,5)6)35-25-20(29)15-19(23(30)39)24(36-25)34-18-14-22(38-13-12-32-37-38)26(31-16-18)41-8-2/h12-17,21H,7-11H2,1-6H3,(H2,30,39)(H,33,40)(H2,34,35,36)/t17-,21+/m0/s1. The first-order valence-electron chi connectivity index (χ1n) is 13.9. The van der Waals surface area contributed by atoms with Crippen molar-refractivity contribution in [1.29, 1.82) is 0 Å². The molecule has 14 heteroatoms. The molecule has 42 heavy (non-hydrogen) atoms. The Labute approximate surface area is 244 Å². The highest BCUT2D eigenvalue weighted by Crippen LogP contribution is 2.28. The summed E-state index contributed by atoms with van der Waals surface area (Å²) in [5.41, 5.74) is 5.64. The van der Waals surface area contributed by atoms with E-state index in [1.165, 1.54) is 17.1 Å². The molecule has 0 saturated carbocycles. The molecule has 0 fully saturated rings. The van der Waals surface area contributed by atoms with Crippen LogP contribution in [0.5, 0.6) is 5.88 Å². The average Bonchev–Trinajstić information content (AvgIpc) is 3.44. The Bertz CT molecular complexity index is 1350. The molecule has 0 aliphatic carbocycles. The van der Waals surface area contributed by atoms with E-state index in [1.807, 2.05) is 6.92 Å². The van der Waals surface area contributed by atoms with Crippen LogP contribution in [-0.2, 0) is 4.74 Å². The van der Waals surface area contributed by atoms with Crippen LogP contribution in [0.15, 0.2) is 30.7 Å². The van der Waals surface area contributed by atoms with Crippen LogP contribution < -0.4 is 26.4 Å². The first kappa shape index (κ1) is 32.0. The molecule has 5 N–H and O–H groups in total. The van der Waals surface area contributed by atoms with Crippen LogP contribution in [0.1, 0.15) is 77.6 Å². The molecule has 228 valence electrons. The summed E-state index contributed by atoms with van der Waals surface area (Å²) in [6.07, 6.45) is 7.44. The number of alkyl carbamates (subject to hydrolysis) is 1. The number of anilines is 3. The Morgan fingerprint density at radius 1 is 1.17 bits per heavy atom. The second-order valence-electron chi connectivity index (χ2n) is 10.7. The summed E-state index contributed by atoms with van der Waals surface area (Å²) in [4.78, 5) is 33.4. The highest BCUT2D eigenvalue weighted by molar-refractivity contribution is 5.98. The van der Waals surface area contributed by atoms with Crippen molar-refractivity contribution in [3.05, 3.63) is 42.1 Å². The number of primary amides is 1. The summed E-state index contributed by atoms with van der Waals surface area (Å²) < 4.78 is 27.8. The van der Waals surface area contributed by atoms with Crippen LogP contribution in [0.2, 0.25) is 0 Å². The lowest BCUT2D eigenvalue weighted by Gasteiger charge is -2.28. The maximum Gasteiger partial charge on any atom is 0.407 e. The number of ether oxygens (including phenoxy) is 2. The third-order valence-corrected chi connectivity index (χ3v) is 6.08. The summed E-state index contributed by atoms with van der Waals surface area (Å²) in [5.74, 6) is -1.42. The molecular weight excluding hydrogens is 545 g/mol. The van der Waals surface area contributed by atoms with Gasteiger partial charge >= 0.3 is 6.09 Å². The largest absolute Gasteiger partial charge is 0.476 e. The van der Waals surface area contributed by atoms with Gasteiger partial charge in [-0.2, -0.15) is 0 Å². The topological polar surface area (TPSA) is 171 Å². The molecule has 2 amide bonds. The van der Waals surface area contributed by atoms with Gasteiger partial charge in [0, 0.05) is 12.1 Å². The molecule has 0 saturated heterocycles. The minimum atomic E-state index is -0.870. The van der Waals surface area contributed by atoms with Gasteiger partial charge in [0.1, 0.15) is 17.1 Å². The quantitative estimate of drug-likeness (QED) is 0.194. The number of unbranched alkanes of at least 4 members (excludes halogenated alkanes) is 2.